The van der Waals surface area contributed by atoms with Gasteiger partial charge in [0.05, 0.1) is 18.6 Å². The minimum absolute atomic E-state index is 0.0135. The molecule has 26 heavy (non-hydrogen) atoms. The molecule has 0 bridgehead atoms. The van der Waals surface area contributed by atoms with E-state index in [9.17, 15) is 13.2 Å². The number of oxazole rings is 1. The maximum Gasteiger partial charge on any atom is 0.360 e. The van der Waals surface area contributed by atoms with Gasteiger partial charge >= 0.3 is 5.97 Å². The highest BCUT2D eigenvalue weighted by atomic mass is 79.9. The molecule has 2 rings (SSSR count). The summed E-state index contributed by atoms with van der Waals surface area (Å²) in [7, 11) is -0.998. The van der Waals surface area contributed by atoms with Crippen LogP contribution in [-0.4, -0.2) is 51.0 Å². The van der Waals surface area contributed by atoms with E-state index in [4.69, 9.17) is 9.15 Å². The summed E-state index contributed by atoms with van der Waals surface area (Å²) in [6, 6.07) is 6.33. The van der Waals surface area contributed by atoms with Crippen LogP contribution in [0.2, 0.25) is 0 Å². The summed E-state index contributed by atoms with van der Waals surface area (Å²) in [6.07, 6.45) is 1.64. The Balaban J connectivity index is 2.26. The Hall–Kier alpha value is -1.75. The van der Waals surface area contributed by atoms with Crippen molar-refractivity contribution in [1.29, 1.82) is 0 Å². The molecule has 0 amide bonds. The fraction of sp³-hybridized carbons (Fsp3) is 0.375. The van der Waals surface area contributed by atoms with E-state index in [1.165, 1.54) is 23.5 Å². The number of hydrogen-bond donors (Lipinski definition) is 0. The zero-order valence-corrected chi connectivity index (χ0v) is 16.7. The zero-order chi connectivity index (χ0) is 19.2. The van der Waals surface area contributed by atoms with Crippen LogP contribution in [0.5, 0.6) is 0 Å². The van der Waals surface area contributed by atoms with Crippen molar-refractivity contribution in [3.05, 3.63) is 46.6 Å². The largest absolute Gasteiger partial charge is 0.464 e. The van der Waals surface area contributed by atoms with E-state index in [0.29, 0.717) is 13.0 Å². The van der Waals surface area contributed by atoms with Crippen LogP contribution in [0.1, 0.15) is 22.8 Å². The third-order valence-electron chi connectivity index (χ3n) is 3.47. The number of carbonyl (C=O) groups excluding carboxylic acids is 1. The van der Waals surface area contributed by atoms with Crippen LogP contribution in [0.25, 0.3) is 0 Å². The van der Waals surface area contributed by atoms with Gasteiger partial charge in [0.15, 0.2) is 5.69 Å². The van der Waals surface area contributed by atoms with Crippen molar-refractivity contribution in [3.63, 3.8) is 0 Å². The Morgan fingerprint density at radius 2 is 1.96 bits per heavy atom. The number of carbonyl (C=O) groups is 1. The van der Waals surface area contributed by atoms with Crippen molar-refractivity contribution in [2.45, 2.75) is 17.9 Å². The lowest BCUT2D eigenvalue weighted by molar-refractivity contribution is 0.0594. The first kappa shape index (κ1) is 20.6. The van der Waals surface area contributed by atoms with Crippen LogP contribution in [0.15, 0.2) is 44.3 Å². The zero-order valence-electron chi connectivity index (χ0n) is 14.3. The summed E-state index contributed by atoms with van der Waals surface area (Å²) in [5.41, 5.74) is -0.0135. The molecule has 0 unspecified atom stereocenters. The van der Waals surface area contributed by atoms with E-state index in [-0.39, 0.29) is 29.6 Å². The topological polar surface area (TPSA) is 98.9 Å². The monoisotopic (exact) mass is 446 g/mol. The number of benzene rings is 1. The van der Waals surface area contributed by atoms with Crippen LogP contribution < -0.4 is 0 Å². The molecule has 1 aromatic heterocycles. The third-order valence-corrected chi connectivity index (χ3v) is 5.85. The van der Waals surface area contributed by atoms with Crippen molar-refractivity contribution >= 4 is 31.9 Å². The minimum atomic E-state index is -3.77. The quantitative estimate of drug-likeness (QED) is 0.430. The van der Waals surface area contributed by atoms with Gasteiger partial charge in [-0.15, -0.1) is 0 Å². The lowest BCUT2D eigenvalue weighted by Crippen LogP contribution is -2.32. The third kappa shape index (κ3) is 5.13. The van der Waals surface area contributed by atoms with E-state index in [1.807, 2.05) is 0 Å². The second-order valence-electron chi connectivity index (χ2n) is 5.26. The van der Waals surface area contributed by atoms with Crippen LogP contribution in [-0.2, 0) is 26.0 Å². The van der Waals surface area contributed by atoms with Gasteiger partial charge < -0.3 is 13.9 Å². The number of methoxy groups -OCH3 is 2. The molecular weight excluding hydrogens is 428 g/mol. The molecule has 10 heteroatoms. The Morgan fingerprint density at radius 1 is 1.27 bits per heavy atom. The Labute approximate surface area is 160 Å². The Bertz CT molecular complexity index is 835. The number of halogens is 1. The summed E-state index contributed by atoms with van der Waals surface area (Å²) >= 11 is 3.28. The van der Waals surface area contributed by atoms with E-state index < -0.39 is 16.0 Å². The molecule has 0 N–H and O–H groups in total. The second-order valence-corrected chi connectivity index (χ2v) is 8.11. The van der Waals surface area contributed by atoms with Crippen LogP contribution in [0.3, 0.4) is 0 Å². The first-order chi connectivity index (χ1) is 12.4. The summed E-state index contributed by atoms with van der Waals surface area (Å²) < 4.78 is 42.7. The van der Waals surface area contributed by atoms with Gasteiger partial charge in [-0.05, 0) is 30.7 Å². The van der Waals surface area contributed by atoms with Gasteiger partial charge in [-0.1, -0.05) is 15.9 Å². The maximum atomic E-state index is 12.9. The second kappa shape index (κ2) is 9.26. The molecule has 0 aliphatic carbocycles. The molecule has 0 atom stereocenters. The molecule has 0 saturated carbocycles. The summed E-state index contributed by atoms with van der Waals surface area (Å²) in [6.45, 7) is 0.507. The van der Waals surface area contributed by atoms with Crippen molar-refractivity contribution in [2.24, 2.45) is 0 Å². The van der Waals surface area contributed by atoms with Gasteiger partial charge in [-0.2, -0.15) is 4.31 Å². The highest BCUT2D eigenvalue weighted by molar-refractivity contribution is 9.10. The highest BCUT2D eigenvalue weighted by Crippen LogP contribution is 2.21. The lowest BCUT2D eigenvalue weighted by atomic mass is 10.4. The van der Waals surface area contributed by atoms with Crippen molar-refractivity contribution in [3.8, 4) is 0 Å². The predicted molar refractivity (Wildman–Crippen MR) is 96.1 cm³/mol. The van der Waals surface area contributed by atoms with Gasteiger partial charge in [0.1, 0.15) is 6.26 Å². The summed E-state index contributed by atoms with van der Waals surface area (Å²) in [5, 5.41) is 0. The van der Waals surface area contributed by atoms with E-state index in [2.05, 4.69) is 25.7 Å². The SMILES string of the molecule is COCCCN(Cc1nc(C(=O)OC)co1)S(=O)(=O)c1ccc(Br)cc1. The van der Waals surface area contributed by atoms with Gasteiger partial charge in [-0.3, -0.25) is 0 Å². The standard InChI is InChI=1S/C16H19BrN2O6S/c1-23-9-3-8-19(10-15-18-14(11-25-15)16(20)24-2)26(21,22)13-6-4-12(17)5-7-13/h4-7,11H,3,8-10H2,1-2H3. The Morgan fingerprint density at radius 3 is 2.58 bits per heavy atom. The number of nitrogens with zero attached hydrogens (tertiary/aromatic N) is 2. The molecule has 1 heterocycles. The number of hydrogen-bond acceptors (Lipinski definition) is 7. The maximum absolute atomic E-state index is 12.9. The number of rotatable bonds is 9. The lowest BCUT2D eigenvalue weighted by Gasteiger charge is -2.20. The van der Waals surface area contributed by atoms with Gasteiger partial charge in [0.2, 0.25) is 15.9 Å². The molecule has 0 radical (unpaired) electrons. The number of ether oxygens (including phenoxy) is 2. The molecule has 1 aromatic carbocycles. The molecule has 0 aliphatic rings. The van der Waals surface area contributed by atoms with Gasteiger partial charge in [0.25, 0.3) is 0 Å². The van der Waals surface area contributed by atoms with E-state index in [0.717, 1.165) is 10.7 Å². The Kier molecular flexibility index (Phi) is 7.33. The minimum Gasteiger partial charge on any atom is -0.464 e. The van der Waals surface area contributed by atoms with E-state index >= 15 is 0 Å². The first-order valence-corrected chi connectivity index (χ1v) is 9.89. The van der Waals surface area contributed by atoms with E-state index in [1.54, 1.807) is 19.2 Å². The normalized spacial score (nSPS) is 11.7. The average molecular weight is 447 g/mol. The van der Waals surface area contributed by atoms with Crippen LogP contribution in [0.4, 0.5) is 0 Å². The smallest absolute Gasteiger partial charge is 0.360 e. The summed E-state index contributed by atoms with van der Waals surface area (Å²) in [5.74, 6) is -0.551. The predicted octanol–water partition coefficient (Wildman–Crippen LogP) is 2.45. The van der Waals surface area contributed by atoms with Gasteiger partial charge in [-0.25, -0.2) is 18.2 Å². The van der Waals surface area contributed by atoms with Crippen molar-refractivity contribution < 1.29 is 27.1 Å². The highest BCUT2D eigenvalue weighted by Gasteiger charge is 2.26. The van der Waals surface area contributed by atoms with Crippen LogP contribution >= 0.6 is 15.9 Å². The van der Waals surface area contributed by atoms with Crippen molar-refractivity contribution in [1.82, 2.24) is 9.29 Å². The molecule has 0 fully saturated rings. The number of esters is 1. The number of aromatic nitrogens is 1. The molecule has 0 aliphatic heterocycles. The first-order valence-electron chi connectivity index (χ1n) is 7.66. The average Bonchev–Trinajstić information content (AvgIpc) is 3.09. The van der Waals surface area contributed by atoms with Crippen LogP contribution in [0, 0.1) is 0 Å². The fourth-order valence-electron chi connectivity index (χ4n) is 2.16. The molecule has 142 valence electrons. The molecule has 8 nitrogen and oxygen atoms in total. The van der Waals surface area contributed by atoms with Gasteiger partial charge in [0, 0.05) is 24.7 Å². The number of sulfonamides is 1. The summed E-state index contributed by atoms with van der Waals surface area (Å²) in [4.78, 5) is 15.6. The molecule has 0 spiro atoms. The molecule has 2 aromatic rings. The molecule has 0 saturated heterocycles. The van der Waals surface area contributed by atoms with Crippen molar-refractivity contribution in [2.75, 3.05) is 27.4 Å². The molecular formula is C16H19BrN2O6S. The fourth-order valence-corrected chi connectivity index (χ4v) is 3.85.